The third-order valence-corrected chi connectivity index (χ3v) is 8.76. The average molecular weight is 721 g/mol. The number of fused-ring (bicyclic) bond motifs is 5. The lowest BCUT2D eigenvalue weighted by molar-refractivity contribution is 0.645. The maximum Gasteiger partial charge on any atom is 0.0648 e. The standard InChI is InChI=1S/C52H41N/c1-51(2)45-20-12-11-19-42(45)43-30-27-39(32-47(43)51)53(38-25-22-35(23-26-38)34-14-7-5-8-15-34)40-28-31-44-48(33-40)52(3,4)46-21-13-18-37-24-29-41(50(44)49(37)46)36-16-9-6-10-17-36/h5-33H,1-4H3/i1D3,2D3,3D3,4D3,5D,6D,7D,8D,9D,10D,11D,12D,13D,14D,15D,16D,17D,18D,19D,20D,21D,22D,23D,24D,25D,26D,27D,28D,29D,30D,31D,32D,33D. The highest BCUT2D eigenvalue weighted by molar-refractivity contribution is 6.09. The zero-order valence-electron chi connectivity index (χ0n) is 67.4. The van der Waals surface area contributed by atoms with Gasteiger partial charge in [-0.05, 0) is 114 Å². The number of benzene rings is 8. The van der Waals surface area contributed by atoms with E-state index in [0.717, 1.165) is 0 Å². The van der Waals surface area contributed by atoms with Gasteiger partial charge in [0, 0.05) is 44.3 Å². The molecule has 1 nitrogen and oxygen atoms in total. The van der Waals surface area contributed by atoms with Crippen LogP contribution in [0, 0.1) is 0 Å². The van der Waals surface area contributed by atoms with Gasteiger partial charge in [-0.2, -0.15) is 0 Å². The molecule has 0 amide bonds. The summed E-state index contributed by atoms with van der Waals surface area (Å²) in [4.78, 5) is -0.0706. The Labute approximate surface area is 370 Å². The van der Waals surface area contributed by atoms with Crippen LogP contribution in [0.4, 0.5) is 17.1 Å². The van der Waals surface area contributed by atoms with Crippen LogP contribution in [0.5, 0.6) is 0 Å². The van der Waals surface area contributed by atoms with E-state index < -0.39 is 308 Å². The van der Waals surface area contributed by atoms with E-state index in [4.69, 9.17) is 30.2 Å². The van der Waals surface area contributed by atoms with Crippen LogP contribution in [0.25, 0.3) is 55.3 Å². The van der Waals surface area contributed by atoms with Crippen molar-refractivity contribution in [3.05, 3.63) is 197 Å². The molecule has 0 bridgehead atoms. The Hall–Kier alpha value is -6.18. The Morgan fingerprint density at radius 3 is 1.64 bits per heavy atom. The molecule has 0 spiro atoms. The molecule has 10 rings (SSSR count). The molecule has 0 saturated heterocycles. The van der Waals surface area contributed by atoms with E-state index in [0.29, 0.717) is 0 Å². The van der Waals surface area contributed by atoms with Gasteiger partial charge in [0.25, 0.3) is 0 Å². The Kier molecular flexibility index (Phi) is 2.31. The van der Waals surface area contributed by atoms with Gasteiger partial charge in [-0.15, -0.1) is 0 Å². The normalized spacial score (nSPS) is 26.3. The molecule has 53 heavy (non-hydrogen) atoms. The predicted molar refractivity (Wildman–Crippen MR) is 225 cm³/mol. The first-order chi connectivity index (χ1) is 42.9. The van der Waals surface area contributed by atoms with Crippen molar-refractivity contribution >= 4 is 27.8 Å². The van der Waals surface area contributed by atoms with Crippen LogP contribution in [0.1, 0.15) is 106 Å². The predicted octanol–water partition coefficient (Wildman–Crippen LogP) is 14.3. The van der Waals surface area contributed by atoms with E-state index >= 15 is 0 Å². The molecule has 2 aliphatic carbocycles. The second kappa shape index (κ2) is 11.7. The first kappa shape index (κ1) is 10.5. The molecule has 0 radical (unpaired) electrons. The van der Waals surface area contributed by atoms with Gasteiger partial charge in [-0.25, -0.2) is 0 Å². The minimum atomic E-state index is -4.39. The maximum atomic E-state index is 10.5. The highest BCUT2D eigenvalue weighted by atomic mass is 15.1. The molecule has 0 aliphatic heterocycles. The smallest absolute Gasteiger partial charge is 0.0648 e. The summed E-state index contributed by atoms with van der Waals surface area (Å²) in [6.45, 7) is -17.2. The molecule has 0 heterocycles. The van der Waals surface area contributed by atoms with E-state index in [2.05, 4.69) is 0 Å². The van der Waals surface area contributed by atoms with Gasteiger partial charge >= 0.3 is 0 Å². The van der Waals surface area contributed by atoms with E-state index in [1.165, 1.54) is 0 Å². The van der Waals surface area contributed by atoms with Crippen LogP contribution in [0.2, 0.25) is 0 Å². The molecule has 0 aromatic heterocycles. The van der Waals surface area contributed by atoms with Gasteiger partial charge in [-0.1, -0.05) is 166 Å². The fourth-order valence-corrected chi connectivity index (χ4v) is 6.39. The summed E-state index contributed by atoms with van der Waals surface area (Å²) < 4.78 is 378. The average Bonchev–Trinajstić information content (AvgIpc) is 0.946. The molecule has 0 unspecified atom stereocenters. The molecule has 1 heteroatoms. The summed E-state index contributed by atoms with van der Waals surface area (Å²) >= 11 is 0. The summed E-state index contributed by atoms with van der Waals surface area (Å²) in [5, 5.41) is -2.12. The first-order valence-electron chi connectivity index (χ1n) is 35.9. The van der Waals surface area contributed by atoms with E-state index in [1.807, 2.05) is 0 Å². The zero-order chi connectivity index (χ0) is 71.1. The third-order valence-electron chi connectivity index (χ3n) is 8.76. The molecule has 0 fully saturated rings. The molecular weight excluding hydrogens is 639 g/mol. The van der Waals surface area contributed by atoms with Crippen LogP contribution < -0.4 is 4.90 Å². The molecule has 8 aromatic carbocycles. The maximum absolute atomic E-state index is 10.5. The van der Waals surface area contributed by atoms with Crippen molar-refractivity contribution in [2.75, 3.05) is 4.90 Å². The van der Waals surface area contributed by atoms with Crippen LogP contribution in [0.15, 0.2) is 175 Å². The largest absolute Gasteiger partial charge is 0.310 e. The van der Waals surface area contributed by atoms with E-state index in [1.54, 1.807) is 0 Å². The number of hydrogen-bond acceptors (Lipinski definition) is 1. The molecule has 2 aliphatic rings. The Morgan fingerprint density at radius 1 is 0.396 bits per heavy atom. The fraction of sp³-hybridized carbons (Fsp3) is 0.115. The molecule has 0 N–H and O–H groups in total. The summed E-state index contributed by atoms with van der Waals surface area (Å²) in [5.74, 6) is 0. The second-order valence-corrected chi connectivity index (χ2v) is 11.8. The van der Waals surface area contributed by atoms with Crippen molar-refractivity contribution in [2.45, 2.75) is 38.2 Å². The Balaban J connectivity index is 1.57. The van der Waals surface area contributed by atoms with Crippen LogP contribution >= 0.6 is 0 Å². The lowest BCUT2D eigenvalue weighted by atomic mass is 9.67. The van der Waals surface area contributed by atoms with Crippen molar-refractivity contribution in [2.24, 2.45) is 0 Å². The summed E-state index contributed by atoms with van der Waals surface area (Å²) in [6, 6.07) is -39.1. The molecule has 8 aromatic rings. The van der Waals surface area contributed by atoms with Crippen molar-refractivity contribution in [3.8, 4) is 44.5 Å². The van der Waals surface area contributed by atoms with Gasteiger partial charge in [0.15, 0.2) is 0 Å². The van der Waals surface area contributed by atoms with Crippen molar-refractivity contribution < 1.29 is 56.2 Å². The minimum Gasteiger partial charge on any atom is -0.310 e. The van der Waals surface area contributed by atoms with Crippen LogP contribution in [-0.4, -0.2) is 0 Å². The molecular formula is C52H41N. The molecule has 0 saturated carbocycles. The van der Waals surface area contributed by atoms with Crippen molar-refractivity contribution in [1.82, 2.24) is 0 Å². The van der Waals surface area contributed by atoms with Crippen LogP contribution in [-0.2, 0) is 10.8 Å². The van der Waals surface area contributed by atoms with Crippen LogP contribution in [0.3, 0.4) is 0 Å². The topological polar surface area (TPSA) is 3.24 Å². The lowest BCUT2D eigenvalue weighted by Crippen LogP contribution is -2.24. The SMILES string of the molecule is [2H]c1c([2H])c([2H])c(-c2c([2H])c([2H])c(N(c3c([2H])c([2H])c4c(c3[2H])C(C([2H])([2H])[2H])(C([2H])([2H])[2H])c3c([2H])c([2H])c([2H])c([2H])c3-4)c3c([2H])c([2H])c4c(c3[2H])C(C([2H])([2H])[2H])(C([2H])([2H])[2H])c3c([2H])c([2H])c([2H])c5c([2H])c([2H])c(-c6c([2H])c([2H])c([2H])c([2H])c6[2H])c-4c35)c([2H])c2[2H])c([2H])c1[2H]. The highest BCUT2D eigenvalue weighted by Crippen LogP contribution is 2.54. The Morgan fingerprint density at radius 2 is 0.925 bits per heavy atom. The summed E-state index contributed by atoms with van der Waals surface area (Å²) in [5.41, 5.74) is -28.1. The van der Waals surface area contributed by atoms with Crippen molar-refractivity contribution in [3.63, 3.8) is 0 Å². The summed E-state index contributed by atoms with van der Waals surface area (Å²) in [7, 11) is 0. The number of rotatable bonds is 5. The molecule has 0 atom stereocenters. The number of nitrogens with zero attached hydrogens (tertiary/aromatic N) is 1. The van der Waals surface area contributed by atoms with E-state index in [9.17, 15) is 26.0 Å². The number of anilines is 3. The van der Waals surface area contributed by atoms with Gasteiger partial charge in [0.2, 0.25) is 0 Å². The number of hydrogen-bond donors (Lipinski definition) is 0. The van der Waals surface area contributed by atoms with Gasteiger partial charge in [0.1, 0.15) is 0 Å². The minimum absolute atomic E-state index is 0.0706. The third kappa shape index (κ3) is 4.77. The quantitative estimate of drug-likeness (QED) is 0.171. The second-order valence-electron chi connectivity index (χ2n) is 11.8. The van der Waals surface area contributed by atoms with Gasteiger partial charge < -0.3 is 4.90 Å². The monoisotopic (exact) mass is 721 g/mol. The van der Waals surface area contributed by atoms with Gasteiger partial charge in [-0.3, -0.25) is 0 Å². The van der Waals surface area contributed by atoms with Crippen molar-refractivity contribution in [1.29, 1.82) is 0 Å². The lowest BCUT2D eigenvalue weighted by Gasteiger charge is -2.37. The first-order valence-corrected chi connectivity index (χ1v) is 15.4. The molecule has 254 valence electrons. The Bertz CT molecular complexity index is 4720. The zero-order valence-corrected chi connectivity index (χ0v) is 26.4. The highest BCUT2D eigenvalue weighted by Gasteiger charge is 2.37. The summed E-state index contributed by atoms with van der Waals surface area (Å²) in [6.07, 6.45) is 0. The fourth-order valence-electron chi connectivity index (χ4n) is 6.39. The van der Waals surface area contributed by atoms with E-state index in [-0.39, 0.29) is 4.90 Å². The van der Waals surface area contributed by atoms with Gasteiger partial charge in [0.05, 0.1) is 39.8 Å².